The minimum atomic E-state index is 0.00765. The van der Waals surface area contributed by atoms with Gasteiger partial charge in [0.1, 0.15) is 5.78 Å². The van der Waals surface area contributed by atoms with Gasteiger partial charge in [0.25, 0.3) is 0 Å². The quantitative estimate of drug-likeness (QED) is 0.571. The van der Waals surface area contributed by atoms with Gasteiger partial charge in [-0.2, -0.15) is 0 Å². The van der Waals surface area contributed by atoms with Crippen LogP contribution in [0.2, 0.25) is 0 Å². The second-order valence-corrected chi connectivity index (χ2v) is 3.51. The summed E-state index contributed by atoms with van der Waals surface area (Å²) in [6.07, 6.45) is 0.738. The molecule has 0 rings (SSSR count). The fraction of sp³-hybridized carbons (Fsp3) is 0.900. The van der Waals surface area contributed by atoms with Gasteiger partial charge < -0.3 is 9.47 Å². The average molecular weight is 188 g/mol. The molecule has 0 N–H and O–H groups in total. The Balaban J connectivity index is 3.26. The first-order valence-electron chi connectivity index (χ1n) is 4.75. The largest absolute Gasteiger partial charge is 0.376 e. The van der Waals surface area contributed by atoms with Crippen molar-refractivity contribution in [2.45, 2.75) is 46.3 Å². The van der Waals surface area contributed by atoms with Crippen LogP contribution in [0.25, 0.3) is 0 Å². The lowest BCUT2D eigenvalue weighted by atomic mass is 10.2. The van der Waals surface area contributed by atoms with E-state index in [4.69, 9.17) is 9.47 Å². The number of ether oxygens (including phenoxy) is 2. The summed E-state index contributed by atoms with van der Waals surface area (Å²) in [6, 6.07) is 0. The summed E-state index contributed by atoms with van der Waals surface area (Å²) >= 11 is 0. The minimum Gasteiger partial charge on any atom is -0.376 e. The van der Waals surface area contributed by atoms with Crippen molar-refractivity contribution in [3.63, 3.8) is 0 Å². The molecule has 13 heavy (non-hydrogen) atoms. The van der Waals surface area contributed by atoms with Crippen LogP contribution in [-0.4, -0.2) is 31.2 Å². The third kappa shape index (κ3) is 9.50. The highest BCUT2D eigenvalue weighted by molar-refractivity contribution is 5.75. The molecule has 0 amide bonds. The maximum Gasteiger partial charge on any atom is 0.132 e. The first kappa shape index (κ1) is 12.6. The Morgan fingerprint density at radius 3 is 2.15 bits per heavy atom. The van der Waals surface area contributed by atoms with Crippen LogP contribution in [0.1, 0.15) is 34.1 Å². The van der Waals surface area contributed by atoms with Gasteiger partial charge in [-0.3, -0.25) is 4.79 Å². The third-order valence-corrected chi connectivity index (χ3v) is 1.51. The Morgan fingerprint density at radius 2 is 1.69 bits per heavy atom. The van der Waals surface area contributed by atoms with E-state index in [0.29, 0.717) is 19.6 Å². The zero-order valence-corrected chi connectivity index (χ0v) is 9.00. The highest BCUT2D eigenvalue weighted by Gasteiger charge is 2.04. The smallest absolute Gasteiger partial charge is 0.132 e. The fourth-order valence-corrected chi connectivity index (χ4v) is 0.997. The highest BCUT2D eigenvalue weighted by Crippen LogP contribution is 1.98. The molecule has 0 saturated carbocycles. The lowest BCUT2D eigenvalue weighted by molar-refractivity contribution is -0.119. The van der Waals surface area contributed by atoms with Crippen molar-refractivity contribution in [1.82, 2.24) is 0 Å². The number of ketones is 1. The normalized spacial score (nSPS) is 13.3. The van der Waals surface area contributed by atoms with E-state index in [2.05, 4.69) is 0 Å². The van der Waals surface area contributed by atoms with E-state index in [1.807, 2.05) is 20.8 Å². The fourth-order valence-electron chi connectivity index (χ4n) is 0.997. The number of carbonyl (C=O) groups excluding carboxylic acids is 1. The van der Waals surface area contributed by atoms with Crippen LogP contribution in [0.4, 0.5) is 0 Å². The summed E-state index contributed by atoms with van der Waals surface area (Å²) in [5.41, 5.74) is 0. The summed E-state index contributed by atoms with van der Waals surface area (Å²) < 4.78 is 10.6. The zero-order valence-electron chi connectivity index (χ0n) is 9.00. The van der Waals surface area contributed by atoms with Crippen molar-refractivity contribution in [2.24, 2.45) is 0 Å². The first-order valence-corrected chi connectivity index (χ1v) is 4.75. The number of rotatable bonds is 7. The summed E-state index contributed by atoms with van der Waals surface area (Å²) in [5.74, 6) is 0.164. The zero-order chi connectivity index (χ0) is 10.3. The van der Waals surface area contributed by atoms with Crippen LogP contribution >= 0.6 is 0 Å². The Hall–Kier alpha value is -0.410. The summed E-state index contributed by atoms with van der Waals surface area (Å²) in [7, 11) is 0. The monoisotopic (exact) mass is 188 g/mol. The molecular weight excluding hydrogens is 168 g/mol. The standard InChI is InChI=1S/C10H20O3/c1-8(2)12-5-6-13-10(4)7-9(3)11/h8,10H,5-7H2,1-4H3. The lowest BCUT2D eigenvalue weighted by Gasteiger charge is -2.12. The number of Topliss-reactive ketones (excluding diaryl/α,β-unsaturated/α-hetero) is 1. The molecule has 0 fully saturated rings. The molecule has 3 nitrogen and oxygen atoms in total. The van der Waals surface area contributed by atoms with Crippen LogP contribution in [0, 0.1) is 0 Å². The van der Waals surface area contributed by atoms with Gasteiger partial charge in [-0.1, -0.05) is 0 Å². The van der Waals surface area contributed by atoms with Crippen molar-refractivity contribution in [3.8, 4) is 0 Å². The van der Waals surface area contributed by atoms with Crippen LogP contribution in [0.5, 0.6) is 0 Å². The van der Waals surface area contributed by atoms with Crippen molar-refractivity contribution >= 4 is 5.78 Å². The van der Waals surface area contributed by atoms with Crippen LogP contribution in [0.15, 0.2) is 0 Å². The van der Waals surface area contributed by atoms with Gasteiger partial charge in [-0.25, -0.2) is 0 Å². The van der Waals surface area contributed by atoms with Crippen molar-refractivity contribution in [2.75, 3.05) is 13.2 Å². The molecule has 0 aromatic carbocycles. The van der Waals surface area contributed by atoms with Gasteiger partial charge >= 0.3 is 0 Å². The van der Waals surface area contributed by atoms with Crippen molar-refractivity contribution in [3.05, 3.63) is 0 Å². The van der Waals surface area contributed by atoms with Gasteiger partial charge in [0.2, 0.25) is 0 Å². The predicted octanol–water partition coefficient (Wildman–Crippen LogP) is 1.80. The van der Waals surface area contributed by atoms with Gasteiger partial charge in [0.05, 0.1) is 25.4 Å². The molecule has 3 heteroatoms. The second-order valence-electron chi connectivity index (χ2n) is 3.51. The molecule has 0 aliphatic heterocycles. The first-order chi connectivity index (χ1) is 6.02. The maximum atomic E-state index is 10.7. The molecule has 0 heterocycles. The van der Waals surface area contributed by atoms with E-state index in [1.165, 1.54) is 0 Å². The molecule has 0 aliphatic carbocycles. The molecule has 1 atom stereocenters. The Kier molecular flexibility index (Phi) is 6.82. The summed E-state index contributed by atoms with van der Waals surface area (Å²) in [4.78, 5) is 10.7. The number of hydrogen-bond donors (Lipinski definition) is 0. The van der Waals surface area contributed by atoms with E-state index < -0.39 is 0 Å². The topological polar surface area (TPSA) is 35.5 Å². The average Bonchev–Trinajstić information content (AvgIpc) is 1.96. The Morgan fingerprint density at radius 1 is 1.15 bits per heavy atom. The maximum absolute atomic E-state index is 10.7. The molecule has 1 unspecified atom stereocenters. The number of hydrogen-bond acceptors (Lipinski definition) is 3. The van der Waals surface area contributed by atoms with Gasteiger partial charge in [0.15, 0.2) is 0 Å². The molecule has 0 radical (unpaired) electrons. The van der Waals surface area contributed by atoms with E-state index in [9.17, 15) is 4.79 Å². The molecular formula is C10H20O3. The molecule has 0 saturated heterocycles. The van der Waals surface area contributed by atoms with Crippen LogP contribution in [-0.2, 0) is 14.3 Å². The van der Waals surface area contributed by atoms with Crippen LogP contribution in [0.3, 0.4) is 0 Å². The third-order valence-electron chi connectivity index (χ3n) is 1.51. The van der Waals surface area contributed by atoms with E-state index in [-0.39, 0.29) is 18.0 Å². The van der Waals surface area contributed by atoms with Crippen molar-refractivity contribution in [1.29, 1.82) is 0 Å². The Labute approximate surface area is 80.4 Å². The van der Waals surface area contributed by atoms with E-state index >= 15 is 0 Å². The minimum absolute atomic E-state index is 0.00765. The van der Waals surface area contributed by atoms with Crippen molar-refractivity contribution < 1.29 is 14.3 Å². The van der Waals surface area contributed by atoms with Gasteiger partial charge in [0, 0.05) is 6.42 Å². The molecule has 0 bridgehead atoms. The molecule has 0 aliphatic rings. The summed E-state index contributed by atoms with van der Waals surface area (Å²) in [5, 5.41) is 0. The SMILES string of the molecule is CC(=O)CC(C)OCCOC(C)C. The molecule has 0 aromatic rings. The predicted molar refractivity (Wildman–Crippen MR) is 51.8 cm³/mol. The lowest BCUT2D eigenvalue weighted by Crippen LogP contribution is -2.17. The van der Waals surface area contributed by atoms with Crippen LogP contribution < -0.4 is 0 Å². The highest BCUT2D eigenvalue weighted by atomic mass is 16.5. The Bertz CT molecular complexity index is 143. The number of carbonyl (C=O) groups is 1. The molecule has 78 valence electrons. The molecule has 0 spiro atoms. The molecule has 0 aromatic heterocycles. The van der Waals surface area contributed by atoms with E-state index in [0.717, 1.165) is 0 Å². The van der Waals surface area contributed by atoms with E-state index in [1.54, 1.807) is 6.92 Å². The second kappa shape index (κ2) is 7.04. The van der Waals surface area contributed by atoms with Gasteiger partial charge in [-0.15, -0.1) is 0 Å². The van der Waals surface area contributed by atoms with Gasteiger partial charge in [-0.05, 0) is 27.7 Å². The summed E-state index contributed by atoms with van der Waals surface area (Å²) in [6.45, 7) is 8.60.